The fourth-order valence-electron chi connectivity index (χ4n) is 1.70. The van der Waals surface area contributed by atoms with Crippen molar-refractivity contribution in [1.82, 2.24) is 5.32 Å². The summed E-state index contributed by atoms with van der Waals surface area (Å²) in [6, 6.07) is 2.53. The third-order valence-corrected chi connectivity index (χ3v) is 2.68. The van der Waals surface area contributed by atoms with Crippen LogP contribution in [0.3, 0.4) is 0 Å². The lowest BCUT2D eigenvalue weighted by Crippen LogP contribution is -2.18. The first-order valence-corrected chi connectivity index (χ1v) is 5.65. The molecule has 0 aromatic carbocycles. The molecule has 2 nitrogen and oxygen atoms in total. The molecule has 2 heteroatoms. The molecule has 0 amide bonds. The lowest BCUT2D eigenvalue weighted by molar-refractivity contribution is 0.337. The number of rotatable bonds is 4. The van der Waals surface area contributed by atoms with Crippen LogP contribution in [-0.4, -0.2) is 7.05 Å². The zero-order valence-corrected chi connectivity index (χ0v) is 10.6. The van der Waals surface area contributed by atoms with Gasteiger partial charge >= 0.3 is 0 Å². The lowest BCUT2D eigenvalue weighted by atomic mass is 9.87. The summed E-state index contributed by atoms with van der Waals surface area (Å²) in [7, 11) is 2.01. The van der Waals surface area contributed by atoms with Gasteiger partial charge in [-0.05, 0) is 38.3 Å². The van der Waals surface area contributed by atoms with Crippen LogP contribution < -0.4 is 5.32 Å². The van der Waals surface area contributed by atoms with Gasteiger partial charge in [-0.25, -0.2) is 0 Å². The number of hydrogen-bond acceptors (Lipinski definition) is 2. The topological polar surface area (TPSA) is 25.2 Å². The fourth-order valence-corrected chi connectivity index (χ4v) is 1.70. The summed E-state index contributed by atoms with van der Waals surface area (Å²) in [6.45, 7) is 8.82. The van der Waals surface area contributed by atoms with Gasteiger partial charge in [-0.1, -0.05) is 20.8 Å². The number of furan rings is 1. The van der Waals surface area contributed by atoms with Crippen LogP contribution in [0, 0.1) is 12.3 Å². The molecule has 1 rings (SSSR count). The van der Waals surface area contributed by atoms with Gasteiger partial charge in [0.1, 0.15) is 5.76 Å². The summed E-state index contributed by atoms with van der Waals surface area (Å²) in [5, 5.41) is 3.34. The fraction of sp³-hybridized carbons (Fsp3) is 0.692. The first-order valence-electron chi connectivity index (χ1n) is 5.65. The van der Waals surface area contributed by atoms with Crippen molar-refractivity contribution < 1.29 is 4.42 Å². The minimum atomic E-state index is 0.397. The number of hydrogen-bond donors (Lipinski definition) is 1. The molecule has 15 heavy (non-hydrogen) atoms. The van der Waals surface area contributed by atoms with Crippen LogP contribution >= 0.6 is 0 Å². The van der Waals surface area contributed by atoms with E-state index in [-0.39, 0.29) is 0 Å². The molecule has 1 N–H and O–H groups in total. The Balaban J connectivity index is 2.57. The molecule has 0 radical (unpaired) electrons. The smallest absolute Gasteiger partial charge is 0.101 e. The van der Waals surface area contributed by atoms with Gasteiger partial charge in [0, 0.05) is 11.6 Å². The molecule has 0 fully saturated rings. The van der Waals surface area contributed by atoms with E-state index in [4.69, 9.17) is 4.42 Å². The zero-order chi connectivity index (χ0) is 11.5. The second-order valence-electron chi connectivity index (χ2n) is 5.43. The Morgan fingerprint density at radius 3 is 2.47 bits per heavy atom. The highest BCUT2D eigenvalue weighted by molar-refractivity contribution is 5.16. The van der Waals surface area contributed by atoms with Crippen LogP contribution in [-0.2, 0) is 0 Å². The predicted molar refractivity (Wildman–Crippen MR) is 63.9 cm³/mol. The Labute approximate surface area is 93.1 Å². The molecule has 1 atom stereocenters. The Hall–Kier alpha value is -0.760. The van der Waals surface area contributed by atoms with Crippen LogP contribution in [0.4, 0.5) is 0 Å². The highest BCUT2D eigenvalue weighted by Crippen LogP contribution is 2.27. The van der Waals surface area contributed by atoms with Crippen molar-refractivity contribution in [2.75, 3.05) is 7.05 Å². The van der Waals surface area contributed by atoms with Crippen molar-refractivity contribution in [3.8, 4) is 0 Å². The molecule has 0 aliphatic heterocycles. The summed E-state index contributed by atoms with van der Waals surface area (Å²) >= 11 is 0. The first-order chi connectivity index (χ1) is 6.92. The van der Waals surface area contributed by atoms with E-state index < -0.39 is 0 Å². The Morgan fingerprint density at radius 2 is 2.07 bits per heavy atom. The standard InChI is InChI=1S/C13H23NO/c1-10-8-11(9-15-10)12(14-5)6-7-13(2,3)4/h8-9,12,14H,6-7H2,1-5H3. The van der Waals surface area contributed by atoms with Crippen molar-refractivity contribution in [2.45, 2.75) is 46.6 Å². The number of aryl methyl sites for hydroxylation is 1. The quantitative estimate of drug-likeness (QED) is 0.818. The second kappa shape index (κ2) is 4.84. The largest absolute Gasteiger partial charge is 0.469 e. The van der Waals surface area contributed by atoms with Crippen molar-refractivity contribution in [2.24, 2.45) is 5.41 Å². The van der Waals surface area contributed by atoms with E-state index in [1.807, 2.05) is 20.2 Å². The summed E-state index contributed by atoms with van der Waals surface area (Å²) in [6.07, 6.45) is 4.22. The van der Waals surface area contributed by atoms with E-state index in [0.29, 0.717) is 11.5 Å². The maximum Gasteiger partial charge on any atom is 0.101 e. The van der Waals surface area contributed by atoms with Crippen molar-refractivity contribution in [3.63, 3.8) is 0 Å². The van der Waals surface area contributed by atoms with Gasteiger partial charge in [0.05, 0.1) is 6.26 Å². The van der Waals surface area contributed by atoms with E-state index in [9.17, 15) is 0 Å². The van der Waals surface area contributed by atoms with E-state index in [1.165, 1.54) is 12.0 Å². The molecule has 1 unspecified atom stereocenters. The molecule has 0 bridgehead atoms. The minimum absolute atomic E-state index is 0.397. The Bertz CT molecular complexity index is 296. The van der Waals surface area contributed by atoms with Gasteiger partial charge in [0.15, 0.2) is 0 Å². The molecule has 0 aliphatic carbocycles. The first kappa shape index (κ1) is 12.3. The summed E-state index contributed by atoms with van der Waals surface area (Å²) in [5.74, 6) is 0.987. The second-order valence-corrected chi connectivity index (χ2v) is 5.43. The van der Waals surface area contributed by atoms with E-state index >= 15 is 0 Å². The average molecular weight is 209 g/mol. The molecule has 1 heterocycles. The van der Waals surface area contributed by atoms with Crippen LogP contribution in [0.1, 0.15) is 51.0 Å². The lowest BCUT2D eigenvalue weighted by Gasteiger charge is -2.22. The molecule has 0 saturated heterocycles. The molecule has 1 aromatic heterocycles. The van der Waals surface area contributed by atoms with Crippen molar-refractivity contribution in [1.29, 1.82) is 0 Å². The summed E-state index contributed by atoms with van der Waals surface area (Å²) in [5.41, 5.74) is 1.66. The zero-order valence-electron chi connectivity index (χ0n) is 10.6. The van der Waals surface area contributed by atoms with E-state index in [1.54, 1.807) is 0 Å². The Morgan fingerprint density at radius 1 is 1.40 bits per heavy atom. The third kappa shape index (κ3) is 4.08. The van der Waals surface area contributed by atoms with Gasteiger partial charge in [-0.3, -0.25) is 0 Å². The molecule has 0 aliphatic rings. The van der Waals surface area contributed by atoms with Gasteiger partial charge in [-0.2, -0.15) is 0 Å². The van der Waals surface area contributed by atoms with Crippen LogP contribution in [0.5, 0.6) is 0 Å². The van der Waals surface area contributed by atoms with Gasteiger partial charge in [0.25, 0.3) is 0 Å². The highest BCUT2D eigenvalue weighted by Gasteiger charge is 2.16. The predicted octanol–water partition coefficient (Wildman–Crippen LogP) is 3.67. The maximum atomic E-state index is 5.34. The van der Waals surface area contributed by atoms with E-state index in [0.717, 1.165) is 12.2 Å². The van der Waals surface area contributed by atoms with E-state index in [2.05, 4.69) is 32.2 Å². The summed E-state index contributed by atoms with van der Waals surface area (Å²) in [4.78, 5) is 0. The molecular weight excluding hydrogens is 186 g/mol. The van der Waals surface area contributed by atoms with Crippen LogP contribution in [0.15, 0.2) is 16.7 Å². The Kier molecular flexibility index (Phi) is 3.97. The van der Waals surface area contributed by atoms with Gasteiger partial charge < -0.3 is 9.73 Å². The normalized spacial score (nSPS) is 14.2. The molecule has 0 spiro atoms. The van der Waals surface area contributed by atoms with Crippen LogP contribution in [0.2, 0.25) is 0 Å². The molecule has 1 aromatic rings. The van der Waals surface area contributed by atoms with Crippen LogP contribution in [0.25, 0.3) is 0 Å². The molecular formula is C13H23NO. The summed E-state index contributed by atoms with van der Waals surface area (Å²) < 4.78 is 5.34. The molecule has 0 saturated carbocycles. The average Bonchev–Trinajstić information content (AvgIpc) is 2.51. The van der Waals surface area contributed by atoms with Crippen molar-refractivity contribution in [3.05, 3.63) is 23.7 Å². The maximum absolute atomic E-state index is 5.34. The molecule has 86 valence electrons. The SMILES string of the molecule is CNC(CCC(C)(C)C)c1coc(C)c1. The van der Waals surface area contributed by atoms with Gasteiger partial charge in [-0.15, -0.1) is 0 Å². The third-order valence-electron chi connectivity index (χ3n) is 2.68. The highest BCUT2D eigenvalue weighted by atomic mass is 16.3. The van der Waals surface area contributed by atoms with Crippen molar-refractivity contribution >= 4 is 0 Å². The van der Waals surface area contributed by atoms with Gasteiger partial charge in [0.2, 0.25) is 0 Å². The number of nitrogens with one attached hydrogen (secondary N) is 1. The minimum Gasteiger partial charge on any atom is -0.469 e. The monoisotopic (exact) mass is 209 g/mol.